The summed E-state index contributed by atoms with van der Waals surface area (Å²) in [6, 6.07) is 6.76. The third-order valence-corrected chi connectivity index (χ3v) is 2.93. The van der Waals surface area contributed by atoms with Gasteiger partial charge in [0.2, 0.25) is 0 Å². The summed E-state index contributed by atoms with van der Waals surface area (Å²) in [5.74, 6) is -0.0444. The summed E-state index contributed by atoms with van der Waals surface area (Å²) in [5.41, 5.74) is 0.663. The highest BCUT2D eigenvalue weighted by Crippen LogP contribution is 2.18. The smallest absolute Gasteiger partial charge is 0.343 e. The molecule has 1 N–H and O–H groups in total. The molecule has 0 aliphatic carbocycles. The summed E-state index contributed by atoms with van der Waals surface area (Å²) < 4.78 is 15.0. The molecule has 0 aromatic heterocycles. The normalized spacial score (nSPS) is 17.6. The first-order chi connectivity index (χ1) is 9.69. The number of benzene rings is 1. The van der Waals surface area contributed by atoms with Crippen molar-refractivity contribution in [2.24, 2.45) is 0 Å². The standard InChI is InChI=1S/C14H17NO5/c1-18-13(16)9-20-11-6-4-10(5-7-11)15-14(17)12-3-2-8-19-12/h4-7,12H,2-3,8-9H2,1H3,(H,15,17)/t12-/m0/s1. The number of ether oxygens (including phenoxy) is 3. The van der Waals surface area contributed by atoms with Gasteiger partial charge in [-0.3, -0.25) is 4.79 Å². The zero-order valence-electron chi connectivity index (χ0n) is 11.3. The van der Waals surface area contributed by atoms with Crippen LogP contribution in [0.4, 0.5) is 5.69 Å². The molecular formula is C14H17NO5. The third-order valence-electron chi connectivity index (χ3n) is 2.93. The van der Waals surface area contributed by atoms with E-state index in [1.807, 2.05) is 0 Å². The SMILES string of the molecule is COC(=O)COc1ccc(NC(=O)[C@@H]2CCCO2)cc1. The number of carbonyl (C=O) groups is 2. The molecule has 1 aromatic rings. The van der Waals surface area contributed by atoms with Crippen LogP contribution in [0.15, 0.2) is 24.3 Å². The fourth-order valence-corrected chi connectivity index (χ4v) is 1.84. The topological polar surface area (TPSA) is 73.9 Å². The summed E-state index contributed by atoms with van der Waals surface area (Å²) in [6.45, 7) is 0.497. The van der Waals surface area contributed by atoms with Gasteiger partial charge >= 0.3 is 5.97 Å². The zero-order chi connectivity index (χ0) is 14.4. The number of esters is 1. The molecule has 1 heterocycles. The molecule has 1 aliphatic rings. The number of hydrogen-bond acceptors (Lipinski definition) is 5. The Hall–Kier alpha value is -2.08. The number of anilines is 1. The Kier molecular flexibility index (Phi) is 4.95. The van der Waals surface area contributed by atoms with E-state index in [1.165, 1.54) is 7.11 Å². The molecule has 2 rings (SSSR count). The maximum absolute atomic E-state index is 11.8. The Bertz CT molecular complexity index is 465. The summed E-state index contributed by atoms with van der Waals surface area (Å²) in [5, 5.41) is 2.78. The molecule has 0 saturated carbocycles. The lowest BCUT2D eigenvalue weighted by Gasteiger charge is -2.11. The van der Waals surface area contributed by atoms with Gasteiger partial charge in [-0.1, -0.05) is 0 Å². The maximum Gasteiger partial charge on any atom is 0.343 e. The number of methoxy groups -OCH3 is 1. The van der Waals surface area contributed by atoms with Gasteiger partial charge in [-0.25, -0.2) is 4.79 Å². The van der Waals surface area contributed by atoms with Gasteiger partial charge in [0, 0.05) is 12.3 Å². The molecule has 1 atom stereocenters. The Morgan fingerprint density at radius 1 is 1.35 bits per heavy atom. The molecule has 1 fully saturated rings. The number of nitrogens with one attached hydrogen (secondary N) is 1. The van der Waals surface area contributed by atoms with Gasteiger partial charge < -0.3 is 19.5 Å². The molecule has 1 saturated heterocycles. The summed E-state index contributed by atoms with van der Waals surface area (Å²) in [7, 11) is 1.30. The highest BCUT2D eigenvalue weighted by molar-refractivity contribution is 5.94. The minimum atomic E-state index is -0.444. The van der Waals surface area contributed by atoms with Crippen LogP contribution in [-0.2, 0) is 19.1 Å². The van der Waals surface area contributed by atoms with Crippen molar-refractivity contribution in [3.63, 3.8) is 0 Å². The molecule has 108 valence electrons. The van der Waals surface area contributed by atoms with Gasteiger partial charge in [-0.2, -0.15) is 0 Å². The van der Waals surface area contributed by atoms with Crippen LogP contribution in [0.25, 0.3) is 0 Å². The van der Waals surface area contributed by atoms with Crippen molar-refractivity contribution in [1.82, 2.24) is 0 Å². The van der Waals surface area contributed by atoms with Crippen molar-refractivity contribution >= 4 is 17.6 Å². The van der Waals surface area contributed by atoms with Gasteiger partial charge in [-0.15, -0.1) is 0 Å². The van der Waals surface area contributed by atoms with E-state index < -0.39 is 5.97 Å². The van der Waals surface area contributed by atoms with Gasteiger partial charge in [0.05, 0.1) is 7.11 Å². The molecular weight excluding hydrogens is 262 g/mol. The second-order valence-corrected chi connectivity index (χ2v) is 4.38. The van der Waals surface area contributed by atoms with Crippen LogP contribution in [0.5, 0.6) is 5.75 Å². The molecule has 1 aromatic carbocycles. The molecule has 6 heteroatoms. The Labute approximate surface area is 117 Å². The van der Waals surface area contributed by atoms with Crippen molar-refractivity contribution in [1.29, 1.82) is 0 Å². The highest BCUT2D eigenvalue weighted by atomic mass is 16.6. The Morgan fingerprint density at radius 3 is 2.70 bits per heavy atom. The van der Waals surface area contributed by atoms with Crippen molar-refractivity contribution < 1.29 is 23.8 Å². The molecule has 0 unspecified atom stereocenters. The van der Waals surface area contributed by atoms with Crippen molar-refractivity contribution in [2.45, 2.75) is 18.9 Å². The number of amides is 1. The average Bonchev–Trinajstić information content (AvgIpc) is 3.00. The van der Waals surface area contributed by atoms with E-state index in [9.17, 15) is 9.59 Å². The first-order valence-electron chi connectivity index (χ1n) is 6.41. The zero-order valence-corrected chi connectivity index (χ0v) is 11.3. The summed E-state index contributed by atoms with van der Waals surface area (Å²) in [6.07, 6.45) is 1.31. The molecule has 20 heavy (non-hydrogen) atoms. The molecule has 0 spiro atoms. The van der Waals surface area contributed by atoms with Gasteiger partial charge in [-0.05, 0) is 37.1 Å². The van der Waals surface area contributed by atoms with Crippen LogP contribution < -0.4 is 10.1 Å². The molecule has 0 radical (unpaired) electrons. The lowest BCUT2D eigenvalue weighted by Crippen LogP contribution is -2.26. The van der Waals surface area contributed by atoms with Crippen molar-refractivity contribution in [2.75, 3.05) is 25.6 Å². The van der Waals surface area contributed by atoms with Crippen LogP contribution in [0.3, 0.4) is 0 Å². The van der Waals surface area contributed by atoms with Crippen molar-refractivity contribution in [3.8, 4) is 5.75 Å². The first-order valence-corrected chi connectivity index (χ1v) is 6.41. The Balaban J connectivity index is 1.84. The first kappa shape index (κ1) is 14.3. The molecule has 1 aliphatic heterocycles. The van der Waals surface area contributed by atoms with E-state index in [0.29, 0.717) is 18.0 Å². The van der Waals surface area contributed by atoms with E-state index in [0.717, 1.165) is 12.8 Å². The predicted molar refractivity (Wildman–Crippen MR) is 71.6 cm³/mol. The van der Waals surface area contributed by atoms with Crippen LogP contribution in [-0.4, -0.2) is 38.3 Å². The van der Waals surface area contributed by atoms with Gasteiger partial charge in [0.1, 0.15) is 11.9 Å². The number of carbonyl (C=O) groups excluding carboxylic acids is 2. The molecule has 1 amide bonds. The van der Waals surface area contributed by atoms with Crippen LogP contribution >= 0.6 is 0 Å². The quantitative estimate of drug-likeness (QED) is 0.824. The Morgan fingerprint density at radius 2 is 2.10 bits per heavy atom. The largest absolute Gasteiger partial charge is 0.482 e. The molecule has 0 bridgehead atoms. The fourth-order valence-electron chi connectivity index (χ4n) is 1.84. The maximum atomic E-state index is 11.8. The van der Waals surface area contributed by atoms with Crippen molar-refractivity contribution in [3.05, 3.63) is 24.3 Å². The summed E-state index contributed by atoms with van der Waals surface area (Å²) >= 11 is 0. The fraction of sp³-hybridized carbons (Fsp3) is 0.429. The van der Waals surface area contributed by atoms with Crippen LogP contribution in [0.1, 0.15) is 12.8 Å². The minimum absolute atomic E-state index is 0.134. The average molecular weight is 279 g/mol. The lowest BCUT2D eigenvalue weighted by atomic mass is 10.2. The van der Waals surface area contributed by atoms with E-state index in [-0.39, 0.29) is 18.6 Å². The van der Waals surface area contributed by atoms with Crippen LogP contribution in [0.2, 0.25) is 0 Å². The summed E-state index contributed by atoms with van der Waals surface area (Å²) in [4.78, 5) is 22.8. The minimum Gasteiger partial charge on any atom is -0.482 e. The monoisotopic (exact) mass is 279 g/mol. The van der Waals surface area contributed by atoms with E-state index in [2.05, 4.69) is 10.1 Å². The van der Waals surface area contributed by atoms with Gasteiger partial charge in [0.15, 0.2) is 6.61 Å². The van der Waals surface area contributed by atoms with Crippen LogP contribution in [0, 0.1) is 0 Å². The van der Waals surface area contributed by atoms with E-state index in [1.54, 1.807) is 24.3 Å². The molecule has 6 nitrogen and oxygen atoms in total. The van der Waals surface area contributed by atoms with E-state index in [4.69, 9.17) is 9.47 Å². The van der Waals surface area contributed by atoms with E-state index >= 15 is 0 Å². The lowest BCUT2D eigenvalue weighted by molar-refractivity contribution is -0.142. The second kappa shape index (κ2) is 6.91. The number of rotatable bonds is 5. The van der Waals surface area contributed by atoms with Gasteiger partial charge in [0.25, 0.3) is 5.91 Å². The highest BCUT2D eigenvalue weighted by Gasteiger charge is 2.23. The second-order valence-electron chi connectivity index (χ2n) is 4.38. The number of hydrogen-bond donors (Lipinski definition) is 1. The predicted octanol–water partition coefficient (Wildman–Crippen LogP) is 1.36. The third kappa shape index (κ3) is 3.96.